The Morgan fingerprint density at radius 1 is 1.38 bits per heavy atom. The number of aliphatic hydroxyl groups excluding tert-OH is 1. The number of nitrogens with two attached hydrogens (primary N) is 1. The molecular formula is C8H18N2O3. The van der Waals surface area contributed by atoms with Crippen molar-refractivity contribution in [2.75, 3.05) is 0 Å². The Morgan fingerprint density at radius 2 is 1.77 bits per heavy atom. The lowest BCUT2D eigenvalue weighted by Gasteiger charge is -2.21. The zero-order chi connectivity index (χ0) is 10.3. The van der Waals surface area contributed by atoms with Crippen LogP contribution in [0.5, 0.6) is 0 Å². The first-order valence-corrected chi connectivity index (χ1v) is 4.43. The third kappa shape index (κ3) is 7.55. The van der Waals surface area contributed by atoms with Gasteiger partial charge >= 0.3 is 6.09 Å². The van der Waals surface area contributed by atoms with Crippen molar-refractivity contribution < 1.29 is 15.0 Å². The highest BCUT2D eigenvalue weighted by Gasteiger charge is 2.14. The van der Waals surface area contributed by atoms with E-state index in [1.54, 1.807) is 0 Å². The van der Waals surface area contributed by atoms with E-state index in [0.29, 0.717) is 0 Å². The molecule has 0 spiro atoms. The number of nitrogens with one attached hydrogen (secondary N) is 1. The third-order valence-electron chi connectivity index (χ3n) is 2.11. The molecule has 0 unspecified atom stereocenters. The van der Waals surface area contributed by atoms with Gasteiger partial charge in [0.05, 0.1) is 6.10 Å². The predicted octanol–water partition coefficient (Wildman–Crippen LogP) is 0.685. The lowest BCUT2D eigenvalue weighted by atomic mass is 9.89. The zero-order valence-electron chi connectivity index (χ0n) is 7.86. The summed E-state index contributed by atoms with van der Waals surface area (Å²) in [6.45, 7) is 2.26. The van der Waals surface area contributed by atoms with Crippen LogP contribution in [0, 0.1) is 5.92 Å². The number of hydrogen-bond acceptors (Lipinski definition) is 3. The van der Waals surface area contributed by atoms with Crippen molar-refractivity contribution in [1.82, 2.24) is 5.43 Å². The highest BCUT2D eigenvalue weighted by atomic mass is 16.4. The maximum absolute atomic E-state index is 9.13. The monoisotopic (exact) mass is 190 g/mol. The van der Waals surface area contributed by atoms with Crippen molar-refractivity contribution in [3.8, 4) is 0 Å². The maximum Gasteiger partial charge on any atom is 0.418 e. The fourth-order valence-corrected chi connectivity index (χ4v) is 1.24. The van der Waals surface area contributed by atoms with Gasteiger partial charge in [0.15, 0.2) is 0 Å². The number of rotatable bonds is 0. The Morgan fingerprint density at radius 3 is 2.00 bits per heavy atom. The minimum absolute atomic E-state index is 0.0196. The first-order valence-electron chi connectivity index (χ1n) is 4.43. The van der Waals surface area contributed by atoms with Crippen LogP contribution in [0.25, 0.3) is 0 Å². The predicted molar refractivity (Wildman–Crippen MR) is 49.0 cm³/mol. The Labute approximate surface area is 77.9 Å². The van der Waals surface area contributed by atoms with Crippen LogP contribution >= 0.6 is 0 Å². The smallest absolute Gasteiger partial charge is 0.418 e. The number of hydrogen-bond donors (Lipinski definition) is 4. The maximum atomic E-state index is 9.13. The van der Waals surface area contributed by atoms with E-state index >= 15 is 0 Å². The summed E-state index contributed by atoms with van der Waals surface area (Å²) in [6.07, 6.45) is 3.31. The van der Waals surface area contributed by atoms with Crippen LogP contribution < -0.4 is 11.3 Å². The summed E-state index contributed by atoms with van der Waals surface area (Å²) in [7, 11) is 0. The van der Waals surface area contributed by atoms with E-state index in [1.165, 1.54) is 18.3 Å². The van der Waals surface area contributed by atoms with Crippen molar-refractivity contribution >= 4 is 6.09 Å². The van der Waals surface area contributed by atoms with Crippen LogP contribution in [0.2, 0.25) is 0 Å². The van der Waals surface area contributed by atoms with Gasteiger partial charge in [-0.05, 0) is 31.6 Å². The average Bonchev–Trinajstić information content (AvgIpc) is 2.11. The molecule has 5 heteroatoms. The van der Waals surface area contributed by atoms with E-state index in [-0.39, 0.29) is 6.10 Å². The van der Waals surface area contributed by atoms with E-state index in [0.717, 1.165) is 18.8 Å². The fourth-order valence-electron chi connectivity index (χ4n) is 1.24. The normalized spacial score (nSPS) is 27.0. The molecule has 1 fully saturated rings. The first-order chi connectivity index (χ1) is 6.06. The van der Waals surface area contributed by atoms with Crippen molar-refractivity contribution in [3.63, 3.8) is 0 Å². The summed E-state index contributed by atoms with van der Waals surface area (Å²) in [5.74, 6) is 5.18. The topological polar surface area (TPSA) is 95.6 Å². The standard InChI is InChI=1S/C7H14O.CH4N2O2/c1-6-2-4-7(8)5-3-6;2-3-1(4)5/h6-8H,2-5H2,1H3;3H,2H2,(H,4,5). The third-order valence-corrected chi connectivity index (χ3v) is 2.11. The van der Waals surface area contributed by atoms with Crippen LogP contribution in [0.3, 0.4) is 0 Å². The Balaban J connectivity index is 0.000000252. The molecule has 0 aromatic rings. The van der Waals surface area contributed by atoms with Gasteiger partial charge in [-0.1, -0.05) is 6.92 Å². The van der Waals surface area contributed by atoms with E-state index in [2.05, 4.69) is 12.8 Å². The van der Waals surface area contributed by atoms with Gasteiger partial charge in [-0.25, -0.2) is 10.6 Å². The van der Waals surface area contributed by atoms with Gasteiger partial charge in [0.25, 0.3) is 0 Å². The largest absolute Gasteiger partial charge is 0.464 e. The lowest BCUT2D eigenvalue weighted by molar-refractivity contribution is 0.112. The number of amides is 1. The van der Waals surface area contributed by atoms with Crippen molar-refractivity contribution in [2.24, 2.45) is 11.8 Å². The molecule has 5 nitrogen and oxygen atoms in total. The fraction of sp³-hybridized carbons (Fsp3) is 0.875. The van der Waals surface area contributed by atoms with Gasteiger partial charge in [-0.15, -0.1) is 0 Å². The van der Waals surface area contributed by atoms with Crippen LogP contribution in [0.1, 0.15) is 32.6 Å². The Hall–Kier alpha value is -0.810. The number of carbonyl (C=O) groups is 1. The SMILES string of the molecule is CC1CCC(O)CC1.NNC(=O)O. The lowest BCUT2D eigenvalue weighted by Crippen LogP contribution is -2.27. The van der Waals surface area contributed by atoms with E-state index < -0.39 is 6.09 Å². The molecule has 1 amide bonds. The number of hydrazine groups is 1. The number of aliphatic hydroxyl groups is 1. The van der Waals surface area contributed by atoms with E-state index in [1.807, 2.05) is 0 Å². The Bertz CT molecular complexity index is 134. The molecule has 0 atom stereocenters. The molecule has 0 heterocycles. The molecule has 0 radical (unpaired) electrons. The summed E-state index contributed by atoms with van der Waals surface area (Å²) < 4.78 is 0. The highest BCUT2D eigenvalue weighted by molar-refractivity contribution is 5.63. The molecule has 0 bridgehead atoms. The molecule has 1 aliphatic rings. The zero-order valence-corrected chi connectivity index (χ0v) is 7.86. The van der Waals surface area contributed by atoms with Gasteiger partial charge in [0.2, 0.25) is 0 Å². The summed E-state index contributed by atoms with van der Waals surface area (Å²) in [4.78, 5) is 9.13. The van der Waals surface area contributed by atoms with Crippen LogP contribution in [0.15, 0.2) is 0 Å². The van der Waals surface area contributed by atoms with Gasteiger partial charge in [-0.2, -0.15) is 0 Å². The molecule has 5 N–H and O–H groups in total. The first kappa shape index (κ1) is 12.2. The van der Waals surface area contributed by atoms with Gasteiger partial charge < -0.3 is 10.2 Å². The summed E-state index contributed by atoms with van der Waals surface area (Å²) in [5, 5.41) is 16.5. The second-order valence-corrected chi connectivity index (χ2v) is 3.36. The summed E-state index contributed by atoms with van der Waals surface area (Å²) in [6, 6.07) is 0. The minimum Gasteiger partial charge on any atom is -0.464 e. The molecule has 1 aliphatic carbocycles. The average molecular weight is 190 g/mol. The second-order valence-electron chi connectivity index (χ2n) is 3.36. The summed E-state index contributed by atoms with van der Waals surface area (Å²) in [5.41, 5.74) is 1.44. The number of carboxylic acid groups (broad SMARTS) is 1. The summed E-state index contributed by atoms with van der Waals surface area (Å²) >= 11 is 0. The van der Waals surface area contributed by atoms with Crippen LogP contribution in [-0.2, 0) is 0 Å². The molecule has 0 saturated heterocycles. The van der Waals surface area contributed by atoms with Crippen molar-refractivity contribution in [1.29, 1.82) is 0 Å². The van der Waals surface area contributed by atoms with Crippen LogP contribution in [0.4, 0.5) is 4.79 Å². The quantitative estimate of drug-likeness (QED) is 0.257. The molecule has 0 aromatic carbocycles. The van der Waals surface area contributed by atoms with Crippen molar-refractivity contribution in [3.05, 3.63) is 0 Å². The molecule has 1 saturated carbocycles. The Kier molecular flexibility index (Phi) is 6.26. The van der Waals surface area contributed by atoms with Gasteiger partial charge in [0, 0.05) is 0 Å². The van der Waals surface area contributed by atoms with Gasteiger partial charge in [0.1, 0.15) is 0 Å². The second kappa shape index (κ2) is 6.68. The van der Waals surface area contributed by atoms with Gasteiger partial charge in [-0.3, -0.25) is 5.43 Å². The molecular weight excluding hydrogens is 172 g/mol. The molecule has 1 rings (SSSR count). The molecule has 0 aliphatic heterocycles. The molecule has 0 aromatic heterocycles. The van der Waals surface area contributed by atoms with Crippen molar-refractivity contribution in [2.45, 2.75) is 38.7 Å². The van der Waals surface area contributed by atoms with E-state index in [9.17, 15) is 0 Å². The molecule has 78 valence electrons. The minimum atomic E-state index is -1.22. The van der Waals surface area contributed by atoms with E-state index in [4.69, 9.17) is 15.0 Å². The molecule has 13 heavy (non-hydrogen) atoms. The van der Waals surface area contributed by atoms with Crippen LogP contribution in [-0.4, -0.2) is 22.4 Å². The highest BCUT2D eigenvalue weighted by Crippen LogP contribution is 2.22.